The second-order valence-corrected chi connectivity index (χ2v) is 5.17. The number of nitrogens with one attached hydrogen (secondary N) is 1. The molecule has 116 valence electrons. The molecule has 1 aromatic carbocycles. The summed E-state index contributed by atoms with van der Waals surface area (Å²) in [5.74, 6) is 2.21. The molecular formula is C15H10BrN3O4. The van der Waals surface area contributed by atoms with E-state index in [0.29, 0.717) is 21.2 Å². The molecule has 0 bridgehead atoms. The molecule has 1 aromatic heterocycles. The van der Waals surface area contributed by atoms with Crippen LogP contribution < -0.4 is 15.7 Å². The molecule has 2 rings (SSSR count). The average molecular weight is 376 g/mol. The van der Waals surface area contributed by atoms with Crippen molar-refractivity contribution in [1.82, 2.24) is 5.32 Å². The van der Waals surface area contributed by atoms with Gasteiger partial charge in [-0.1, -0.05) is 5.92 Å². The van der Waals surface area contributed by atoms with Crippen molar-refractivity contribution in [1.29, 1.82) is 0 Å². The molecule has 0 radical (unpaired) electrons. The highest BCUT2D eigenvalue weighted by Gasteiger charge is 2.12. The van der Waals surface area contributed by atoms with E-state index in [1.165, 1.54) is 12.1 Å². The number of benzene rings is 1. The zero-order chi connectivity index (χ0) is 16.8. The molecule has 0 saturated heterocycles. The lowest BCUT2D eigenvalue weighted by Crippen LogP contribution is -2.29. The van der Waals surface area contributed by atoms with E-state index in [1.807, 2.05) is 0 Å². The Labute approximate surface area is 139 Å². The van der Waals surface area contributed by atoms with Gasteiger partial charge in [0.1, 0.15) is 11.3 Å². The van der Waals surface area contributed by atoms with Gasteiger partial charge in [-0.2, -0.15) is 4.79 Å². The first-order chi connectivity index (χ1) is 11.0. The summed E-state index contributed by atoms with van der Waals surface area (Å²) in [6, 6.07) is 4.29. The van der Waals surface area contributed by atoms with Crippen molar-refractivity contribution >= 4 is 39.0 Å². The Hall–Kier alpha value is -2.88. The number of carbonyl (C=O) groups is 1. The number of terminal acetylenes is 1. The minimum Gasteiger partial charge on any atom is -0.482 e. The summed E-state index contributed by atoms with van der Waals surface area (Å²) in [4.78, 5) is 25.9. The topological polar surface area (TPSA) is 105 Å². The second-order valence-electron chi connectivity index (χ2n) is 4.31. The van der Waals surface area contributed by atoms with E-state index in [9.17, 15) is 9.59 Å². The SMILES string of the molecule is C#CCNC(=O)COc1cc2oc(=O)cc(C=[N+]=[N-])c2cc1Br. The lowest BCUT2D eigenvalue weighted by atomic mass is 10.1. The molecule has 7 nitrogen and oxygen atoms in total. The van der Waals surface area contributed by atoms with Crippen LogP contribution in [0.5, 0.6) is 5.75 Å². The fourth-order valence-corrected chi connectivity index (χ4v) is 2.27. The normalized spacial score (nSPS) is 9.74. The van der Waals surface area contributed by atoms with Gasteiger partial charge in [0, 0.05) is 17.5 Å². The molecule has 0 spiro atoms. The van der Waals surface area contributed by atoms with Crippen molar-refractivity contribution in [3.8, 4) is 18.1 Å². The molecule has 23 heavy (non-hydrogen) atoms. The highest BCUT2D eigenvalue weighted by molar-refractivity contribution is 9.10. The number of amides is 1. The van der Waals surface area contributed by atoms with Gasteiger partial charge < -0.3 is 20.0 Å². The van der Waals surface area contributed by atoms with Gasteiger partial charge >= 0.3 is 5.63 Å². The van der Waals surface area contributed by atoms with Gasteiger partial charge in [0.15, 0.2) is 6.61 Å². The lowest BCUT2D eigenvalue weighted by molar-refractivity contribution is -0.122. The third-order valence-electron chi connectivity index (χ3n) is 2.77. The van der Waals surface area contributed by atoms with Crippen molar-refractivity contribution in [2.24, 2.45) is 0 Å². The summed E-state index contributed by atoms with van der Waals surface area (Å²) >= 11 is 3.31. The largest absolute Gasteiger partial charge is 0.482 e. The van der Waals surface area contributed by atoms with Gasteiger partial charge in [0.25, 0.3) is 12.1 Å². The molecule has 2 aromatic rings. The van der Waals surface area contributed by atoms with E-state index in [2.05, 4.69) is 32.0 Å². The first-order valence-electron chi connectivity index (χ1n) is 6.33. The molecule has 0 saturated carbocycles. The van der Waals surface area contributed by atoms with Crippen LogP contribution in [0.3, 0.4) is 0 Å². The summed E-state index contributed by atoms with van der Waals surface area (Å²) in [6.07, 6.45) is 6.16. The lowest BCUT2D eigenvalue weighted by Gasteiger charge is -2.09. The third-order valence-corrected chi connectivity index (χ3v) is 3.39. The van der Waals surface area contributed by atoms with Crippen LogP contribution in [-0.2, 0) is 4.79 Å². The Morgan fingerprint density at radius 1 is 1.52 bits per heavy atom. The summed E-state index contributed by atoms with van der Waals surface area (Å²) in [5.41, 5.74) is 8.67. The predicted octanol–water partition coefficient (Wildman–Crippen LogP) is 1.33. The molecule has 0 fully saturated rings. The summed E-state index contributed by atoms with van der Waals surface area (Å²) in [5, 5.41) is 3.00. The predicted molar refractivity (Wildman–Crippen MR) is 86.3 cm³/mol. The Morgan fingerprint density at radius 2 is 2.30 bits per heavy atom. The number of rotatable bonds is 5. The molecule has 0 atom stereocenters. The van der Waals surface area contributed by atoms with E-state index in [1.54, 1.807) is 6.07 Å². The van der Waals surface area contributed by atoms with Gasteiger partial charge in [-0.25, -0.2) is 4.79 Å². The van der Waals surface area contributed by atoms with Crippen molar-refractivity contribution in [2.45, 2.75) is 0 Å². The van der Waals surface area contributed by atoms with Crippen molar-refractivity contribution < 1.29 is 18.7 Å². The van der Waals surface area contributed by atoms with Crippen molar-refractivity contribution in [3.63, 3.8) is 0 Å². The van der Waals surface area contributed by atoms with Crippen LogP contribution in [0.2, 0.25) is 0 Å². The molecule has 8 heteroatoms. The Kier molecular flexibility index (Phi) is 5.31. The number of carbonyl (C=O) groups excluding carboxylic acids is 1. The number of hydrogen-bond donors (Lipinski definition) is 1. The summed E-state index contributed by atoms with van der Waals surface area (Å²) < 4.78 is 11.0. The highest BCUT2D eigenvalue weighted by atomic mass is 79.9. The van der Waals surface area contributed by atoms with Crippen molar-refractivity contribution in [2.75, 3.05) is 13.2 Å². The van der Waals surface area contributed by atoms with Crippen LogP contribution in [0.15, 0.2) is 31.9 Å². The number of hydrogen-bond acceptors (Lipinski definition) is 4. The van der Waals surface area contributed by atoms with Crippen molar-refractivity contribution in [3.05, 3.63) is 44.2 Å². The number of ether oxygens (including phenoxy) is 1. The van der Waals surface area contributed by atoms with Gasteiger partial charge in [-0.15, -0.1) is 6.42 Å². The molecule has 0 aliphatic rings. The monoisotopic (exact) mass is 375 g/mol. The molecular weight excluding hydrogens is 366 g/mol. The van der Waals surface area contributed by atoms with Crippen LogP contribution in [0.4, 0.5) is 0 Å². The van der Waals surface area contributed by atoms with Crippen LogP contribution in [0.25, 0.3) is 16.5 Å². The fraction of sp³-hybridized carbons (Fsp3) is 0.133. The highest BCUT2D eigenvalue weighted by Crippen LogP contribution is 2.31. The standard InChI is InChI=1S/C15H10BrN3O4/c1-2-3-18-14(20)8-22-13-6-12-10(5-11(13)16)9(7-19-17)4-15(21)23-12/h1,4-7H,3,8H2,(H,18,20). The smallest absolute Gasteiger partial charge is 0.337 e. The molecule has 1 N–H and O–H groups in total. The molecule has 1 amide bonds. The van der Waals surface area contributed by atoms with Gasteiger partial charge in [-0.3, -0.25) is 4.79 Å². The van der Waals surface area contributed by atoms with Gasteiger partial charge in [-0.05, 0) is 22.0 Å². The zero-order valence-electron chi connectivity index (χ0n) is 11.7. The maximum absolute atomic E-state index is 11.5. The second kappa shape index (κ2) is 7.40. The Morgan fingerprint density at radius 3 is 3.00 bits per heavy atom. The fourth-order valence-electron chi connectivity index (χ4n) is 1.81. The quantitative estimate of drug-likeness (QED) is 0.279. The van der Waals surface area contributed by atoms with Crippen LogP contribution in [0.1, 0.15) is 5.56 Å². The first-order valence-corrected chi connectivity index (χ1v) is 7.12. The van der Waals surface area contributed by atoms with Crippen LogP contribution >= 0.6 is 15.9 Å². The minimum atomic E-state index is -0.604. The summed E-state index contributed by atoms with van der Waals surface area (Å²) in [6.45, 7) is -0.131. The third kappa shape index (κ3) is 4.07. The van der Waals surface area contributed by atoms with E-state index in [-0.39, 0.29) is 24.6 Å². The summed E-state index contributed by atoms with van der Waals surface area (Å²) in [7, 11) is 0. The number of nitrogens with zero attached hydrogens (tertiary/aromatic N) is 2. The first kappa shape index (κ1) is 16.5. The maximum Gasteiger partial charge on any atom is 0.337 e. The average Bonchev–Trinajstić information content (AvgIpc) is 2.52. The molecule has 0 aliphatic heterocycles. The van der Waals surface area contributed by atoms with Crippen LogP contribution in [0, 0.1) is 12.3 Å². The molecule has 0 unspecified atom stereocenters. The number of halogens is 1. The maximum atomic E-state index is 11.5. The van der Waals surface area contributed by atoms with Gasteiger partial charge in [0.2, 0.25) is 0 Å². The van der Waals surface area contributed by atoms with Gasteiger partial charge in [0.05, 0.1) is 16.6 Å². The Bertz CT molecular complexity index is 907. The zero-order valence-corrected chi connectivity index (χ0v) is 13.3. The van der Waals surface area contributed by atoms with E-state index < -0.39 is 5.63 Å². The van der Waals surface area contributed by atoms with Crippen LogP contribution in [-0.4, -0.2) is 30.1 Å². The minimum absolute atomic E-state index is 0.111. The van der Waals surface area contributed by atoms with E-state index in [0.717, 1.165) is 6.21 Å². The van der Waals surface area contributed by atoms with E-state index >= 15 is 0 Å². The number of fused-ring (bicyclic) bond motifs is 1. The Balaban J connectivity index is 2.34. The van der Waals surface area contributed by atoms with E-state index in [4.69, 9.17) is 21.1 Å². The molecule has 1 heterocycles. The molecule has 0 aliphatic carbocycles.